The van der Waals surface area contributed by atoms with Crippen LogP contribution in [0.5, 0.6) is 5.75 Å². The third-order valence-corrected chi connectivity index (χ3v) is 11.5. The van der Waals surface area contributed by atoms with Crippen molar-refractivity contribution >= 4 is 51.6 Å². The number of pyridine rings is 1. The Labute approximate surface area is 247 Å². The number of aromatic nitrogens is 2. The number of carboxylic acid groups (broad SMARTS) is 1. The molecule has 0 saturated carbocycles. The maximum atomic E-state index is 10.5. The van der Waals surface area contributed by atoms with Crippen molar-refractivity contribution in [3.8, 4) is 5.75 Å². The number of methoxy groups -OCH3 is 1. The zero-order valence-electron chi connectivity index (χ0n) is 22.9. The molecule has 42 heavy (non-hydrogen) atoms. The van der Waals surface area contributed by atoms with Gasteiger partial charge in [0.15, 0.2) is 5.44 Å². The van der Waals surface area contributed by atoms with E-state index >= 15 is 0 Å². The summed E-state index contributed by atoms with van der Waals surface area (Å²) in [6.07, 6.45) is 1.30. The van der Waals surface area contributed by atoms with E-state index in [9.17, 15) is 13.2 Å². The summed E-state index contributed by atoms with van der Waals surface area (Å²) >= 11 is 6.69. The summed E-state index contributed by atoms with van der Waals surface area (Å²) in [5, 5.41) is 11.2. The molecule has 0 saturated heterocycles. The van der Waals surface area contributed by atoms with Gasteiger partial charge >= 0.3 is 6.18 Å². The fourth-order valence-corrected chi connectivity index (χ4v) is 9.03. The molecular formula is C32H28F3N2O3PS. The van der Waals surface area contributed by atoms with Crippen molar-refractivity contribution in [3.63, 3.8) is 0 Å². The molecule has 2 heterocycles. The summed E-state index contributed by atoms with van der Waals surface area (Å²) in [7, 11) is 1.69. The van der Waals surface area contributed by atoms with Crippen LogP contribution in [0.4, 0.5) is 13.2 Å². The number of rotatable bonds is 7. The monoisotopic (exact) mass is 608 g/mol. The molecule has 2 aromatic heterocycles. The fourth-order valence-electron chi connectivity index (χ4n) is 4.62. The van der Waals surface area contributed by atoms with E-state index in [4.69, 9.17) is 26.4 Å². The van der Waals surface area contributed by atoms with E-state index in [-0.39, 0.29) is 0 Å². The lowest BCUT2D eigenvalue weighted by Gasteiger charge is -2.21. The molecule has 0 N–H and O–H groups in total. The average Bonchev–Trinajstić information content (AvgIpc) is 3.29. The van der Waals surface area contributed by atoms with Crippen LogP contribution in [0, 0.1) is 6.92 Å². The number of fused-ring (bicyclic) bond motifs is 1. The molecule has 3 aromatic carbocycles. The van der Waals surface area contributed by atoms with Crippen molar-refractivity contribution in [2.24, 2.45) is 0 Å². The Kier molecular flexibility index (Phi) is 9.66. The molecule has 216 valence electrons. The molecule has 0 aliphatic heterocycles. The van der Waals surface area contributed by atoms with Crippen LogP contribution in [0.3, 0.4) is 0 Å². The van der Waals surface area contributed by atoms with E-state index in [2.05, 4.69) is 119 Å². The second kappa shape index (κ2) is 13.2. The fraction of sp³-hybridized carbons (Fsp3) is 0.125. The number of benzene rings is 3. The second-order valence-electron chi connectivity index (χ2n) is 9.19. The summed E-state index contributed by atoms with van der Waals surface area (Å²) in [4.78, 5) is 8.78. The molecule has 0 unspecified atom stereocenters. The number of hydrogen-bond acceptors (Lipinski definition) is 4. The van der Waals surface area contributed by atoms with E-state index in [1.54, 1.807) is 7.11 Å². The van der Waals surface area contributed by atoms with Crippen molar-refractivity contribution in [3.05, 3.63) is 127 Å². The van der Waals surface area contributed by atoms with E-state index in [1.165, 1.54) is 21.7 Å². The molecule has 0 radical (unpaired) electrons. The third-order valence-electron chi connectivity index (χ3n) is 6.53. The molecular weight excluding hydrogens is 580 g/mol. The van der Waals surface area contributed by atoms with Crippen LogP contribution in [-0.2, 0) is 23.1 Å². The minimum atomic E-state index is -5.19. The summed E-state index contributed by atoms with van der Waals surface area (Å²) in [5.41, 5.74) is 4.65. The van der Waals surface area contributed by atoms with Gasteiger partial charge in [-0.3, -0.25) is 0 Å². The number of nitrogens with zero attached hydrogens (tertiary/aromatic N) is 2. The molecule has 0 aliphatic rings. The van der Waals surface area contributed by atoms with Gasteiger partial charge in [-0.15, -0.1) is 0 Å². The first-order valence-corrected chi connectivity index (χ1v) is 15.7. The number of alkyl halides is 3. The largest absolute Gasteiger partial charge is 0.542 e. The van der Waals surface area contributed by atoms with Crippen molar-refractivity contribution < 1.29 is 32.2 Å². The maximum absolute atomic E-state index is 10.5. The Morgan fingerprint density at radius 2 is 1.52 bits per heavy atom. The summed E-state index contributed by atoms with van der Waals surface area (Å²) in [5.74, 6) is -2.15. The number of hydrogen-bond donors (Lipinski definition) is 0. The third kappa shape index (κ3) is 6.64. The predicted molar refractivity (Wildman–Crippen MR) is 161 cm³/mol. The molecule has 10 heteroatoms. The standard InChI is InChI=1S/C30H28N2OPS.C2HF3O2/c1-24-30(34(35,27-16-5-3-6-17-27)28-18-7-4-8-19-28)32-21-10-9-20-29(32)31(24)22-12-14-25-13-11-15-26(23-25)33-2;3-2(4,5)1(6)7/h3-21,23H,22H2,1-2H3;(H,6,7)/q+1;/p-1/b14-12+;. The number of aliphatic carboxylic acids is 1. The van der Waals surface area contributed by atoms with Gasteiger partial charge in [0.25, 0.3) is 5.65 Å². The van der Waals surface area contributed by atoms with Crippen molar-refractivity contribution in [1.29, 1.82) is 0 Å². The average molecular weight is 609 g/mol. The van der Waals surface area contributed by atoms with Gasteiger partial charge in [0, 0.05) is 13.0 Å². The van der Waals surface area contributed by atoms with E-state index in [0.29, 0.717) is 0 Å². The second-order valence-corrected chi connectivity index (χ2v) is 13.5. The highest BCUT2D eigenvalue weighted by Gasteiger charge is 2.36. The van der Waals surface area contributed by atoms with Gasteiger partial charge in [0.2, 0.25) is 0 Å². The summed E-state index contributed by atoms with van der Waals surface area (Å²) < 4.78 is 41.6. The molecule has 0 bridgehead atoms. The number of carbonyl (C=O) groups is 1. The first kappa shape index (κ1) is 30.8. The lowest BCUT2D eigenvalue weighted by Crippen LogP contribution is -2.42. The number of carboxylic acids is 1. The summed E-state index contributed by atoms with van der Waals surface area (Å²) in [6, 6.07) is 33.4. The number of carbonyl (C=O) groups excluding carboxylic acids is 1. The van der Waals surface area contributed by atoms with Crippen molar-refractivity contribution in [2.45, 2.75) is 19.6 Å². The zero-order valence-corrected chi connectivity index (χ0v) is 24.6. The molecule has 5 rings (SSSR count). The molecule has 0 fully saturated rings. The van der Waals surface area contributed by atoms with Gasteiger partial charge < -0.3 is 14.6 Å². The minimum absolute atomic E-state index is 0.746. The minimum Gasteiger partial charge on any atom is -0.542 e. The van der Waals surface area contributed by atoms with E-state index < -0.39 is 18.2 Å². The van der Waals surface area contributed by atoms with Gasteiger partial charge in [-0.2, -0.15) is 17.6 Å². The number of imidazole rings is 1. The smallest absolute Gasteiger partial charge is 0.430 e. The normalized spacial score (nSPS) is 11.7. The Morgan fingerprint density at radius 1 is 0.952 bits per heavy atom. The Hall–Kier alpha value is -4.20. The number of halogens is 3. The highest BCUT2D eigenvalue weighted by molar-refractivity contribution is 8.25. The Morgan fingerprint density at radius 3 is 2.07 bits per heavy atom. The lowest BCUT2D eigenvalue weighted by molar-refractivity contribution is -0.490. The van der Waals surface area contributed by atoms with Crippen molar-refractivity contribution in [1.82, 2.24) is 4.57 Å². The highest BCUT2D eigenvalue weighted by atomic mass is 32.4. The molecule has 0 amide bonds. The van der Waals surface area contributed by atoms with E-state index in [0.717, 1.165) is 23.5 Å². The van der Waals surface area contributed by atoms with Gasteiger partial charge in [-0.1, -0.05) is 96.7 Å². The highest BCUT2D eigenvalue weighted by Crippen LogP contribution is 2.43. The first-order chi connectivity index (χ1) is 20.1. The number of ether oxygens (including phenoxy) is 1. The molecule has 0 aliphatic carbocycles. The molecule has 0 spiro atoms. The lowest BCUT2D eigenvalue weighted by atomic mass is 10.2. The van der Waals surface area contributed by atoms with E-state index in [1.807, 2.05) is 18.2 Å². The van der Waals surface area contributed by atoms with Gasteiger partial charge in [-0.25, -0.2) is 4.57 Å². The predicted octanol–water partition coefficient (Wildman–Crippen LogP) is 4.31. The van der Waals surface area contributed by atoms with Crippen LogP contribution in [0.2, 0.25) is 0 Å². The van der Waals surface area contributed by atoms with Crippen LogP contribution in [-0.4, -0.2) is 23.8 Å². The van der Waals surface area contributed by atoms with Crippen LogP contribution in [0.25, 0.3) is 11.7 Å². The molecule has 5 aromatic rings. The zero-order chi connectivity index (χ0) is 30.3. The molecule has 0 atom stereocenters. The van der Waals surface area contributed by atoms with Crippen LogP contribution < -0.4 is 30.3 Å². The topological polar surface area (TPSA) is 58.4 Å². The van der Waals surface area contributed by atoms with Gasteiger partial charge in [0.05, 0.1) is 19.3 Å². The first-order valence-electron chi connectivity index (χ1n) is 12.9. The van der Waals surface area contributed by atoms with Crippen LogP contribution in [0.1, 0.15) is 11.3 Å². The Bertz CT molecular complexity index is 1710. The molecule has 5 nitrogen and oxygen atoms in total. The summed E-state index contributed by atoms with van der Waals surface area (Å²) in [6.45, 7) is 2.95. The Balaban J connectivity index is 0.000000517. The maximum Gasteiger partial charge on any atom is 0.430 e. The number of allylic oxidation sites excluding steroid dienone is 1. The van der Waals surface area contributed by atoms with Gasteiger partial charge in [-0.05, 0) is 40.4 Å². The van der Waals surface area contributed by atoms with Crippen LogP contribution >= 0.6 is 6.04 Å². The quantitative estimate of drug-likeness (QED) is 0.204. The SMILES string of the molecule is COc1cccc(/C=C/Cn2c(C)c(P(=S)(c3ccccc3)c3ccccc3)[n+]3ccccc23)c1.O=C([O-])C(F)(F)F. The van der Waals surface area contributed by atoms with Crippen LogP contribution in [0.15, 0.2) is 115 Å². The van der Waals surface area contributed by atoms with Gasteiger partial charge in [0.1, 0.15) is 24.0 Å². The van der Waals surface area contributed by atoms with Crippen molar-refractivity contribution in [2.75, 3.05) is 7.11 Å².